The van der Waals surface area contributed by atoms with Gasteiger partial charge in [-0.05, 0) is 18.1 Å². The average molecular weight is 510 g/mol. The fourth-order valence-electron chi connectivity index (χ4n) is 5.40. The maximum atomic E-state index is 12.3. The Labute approximate surface area is 222 Å². The molecule has 0 saturated heterocycles. The highest BCUT2D eigenvalue weighted by Gasteiger charge is 2.25. The van der Waals surface area contributed by atoms with Crippen LogP contribution < -0.4 is 5.43 Å². The predicted molar refractivity (Wildman–Crippen MR) is 152 cm³/mol. The number of H-pyrrole nitrogens is 1. The molecule has 37 heavy (non-hydrogen) atoms. The number of aliphatic hydroxyl groups excluding tert-OH is 1. The number of unbranched alkanes of at least 4 members (excludes halogenated alkanes) is 14. The molecular formula is C32H47NO4. The number of para-hydroxylation sites is 1. The molecule has 0 saturated carbocycles. The second kappa shape index (κ2) is 16.3. The lowest BCUT2D eigenvalue weighted by atomic mass is 9.89. The monoisotopic (exact) mass is 509 g/mol. The number of hydrogen-bond acceptors (Lipinski definition) is 4. The second-order valence-electron chi connectivity index (χ2n) is 10.5. The fraction of sp³-hybridized carbons (Fsp3) is 0.594. The summed E-state index contributed by atoms with van der Waals surface area (Å²) < 4.78 is 5.83. The first-order valence-corrected chi connectivity index (χ1v) is 14.7. The minimum absolute atomic E-state index is 0.180. The summed E-state index contributed by atoms with van der Waals surface area (Å²) in [6.45, 7) is 1.90. The van der Waals surface area contributed by atoms with Crippen molar-refractivity contribution < 1.29 is 14.6 Å². The highest BCUT2D eigenvalue weighted by molar-refractivity contribution is 5.84. The summed E-state index contributed by atoms with van der Waals surface area (Å²) in [7, 11) is 0. The van der Waals surface area contributed by atoms with Crippen LogP contribution in [0.15, 0.2) is 45.7 Å². The number of benzene rings is 1. The maximum Gasteiger partial charge on any atom is 0.227 e. The first-order valence-electron chi connectivity index (χ1n) is 14.7. The molecule has 1 unspecified atom stereocenters. The van der Waals surface area contributed by atoms with Gasteiger partial charge in [0, 0.05) is 29.1 Å². The van der Waals surface area contributed by atoms with E-state index >= 15 is 0 Å². The van der Waals surface area contributed by atoms with E-state index in [0.29, 0.717) is 0 Å². The van der Waals surface area contributed by atoms with Crippen LogP contribution in [0.4, 0.5) is 0 Å². The van der Waals surface area contributed by atoms with Gasteiger partial charge in [-0.1, -0.05) is 121 Å². The lowest BCUT2D eigenvalue weighted by Gasteiger charge is -2.17. The molecule has 204 valence electrons. The first kappa shape index (κ1) is 29.0. The summed E-state index contributed by atoms with van der Waals surface area (Å²) in [6.07, 6.45) is 22.4. The Morgan fingerprint density at radius 2 is 1.41 bits per heavy atom. The molecule has 0 amide bonds. The molecule has 3 aromatic rings. The number of nitrogens with one attached hydrogen (secondary N) is 1. The third-order valence-corrected chi connectivity index (χ3v) is 7.57. The molecule has 0 radical (unpaired) electrons. The van der Waals surface area contributed by atoms with Crippen LogP contribution in [0.5, 0.6) is 5.75 Å². The van der Waals surface area contributed by atoms with Crippen LogP contribution in [-0.4, -0.2) is 15.2 Å². The number of aromatic amines is 1. The molecule has 0 aliphatic carbocycles. The normalized spacial score (nSPS) is 12.4. The second-order valence-corrected chi connectivity index (χ2v) is 10.5. The minimum Gasteiger partial charge on any atom is -0.502 e. The van der Waals surface area contributed by atoms with Gasteiger partial charge in [0.2, 0.25) is 11.2 Å². The van der Waals surface area contributed by atoms with Crippen molar-refractivity contribution in [2.24, 2.45) is 0 Å². The van der Waals surface area contributed by atoms with E-state index in [1.165, 1.54) is 89.5 Å². The van der Waals surface area contributed by atoms with Crippen LogP contribution in [0.3, 0.4) is 0 Å². The van der Waals surface area contributed by atoms with Crippen LogP contribution in [0, 0.1) is 0 Å². The molecule has 0 spiro atoms. The van der Waals surface area contributed by atoms with Gasteiger partial charge in [0.25, 0.3) is 0 Å². The van der Waals surface area contributed by atoms with E-state index in [2.05, 4.69) is 11.9 Å². The Bertz CT molecular complexity index is 1100. The molecule has 0 fully saturated rings. The van der Waals surface area contributed by atoms with Gasteiger partial charge in [0.1, 0.15) is 12.4 Å². The van der Waals surface area contributed by atoms with Crippen molar-refractivity contribution in [2.75, 3.05) is 0 Å². The Hall–Kier alpha value is -2.53. The zero-order valence-electron chi connectivity index (χ0n) is 22.8. The minimum atomic E-state index is -0.508. The summed E-state index contributed by atoms with van der Waals surface area (Å²) in [4.78, 5) is 15.6. The van der Waals surface area contributed by atoms with E-state index < -0.39 is 5.43 Å². The number of aromatic hydroxyl groups is 1. The molecule has 2 heterocycles. The van der Waals surface area contributed by atoms with Gasteiger partial charge in [-0.2, -0.15) is 0 Å². The molecule has 5 nitrogen and oxygen atoms in total. The number of aliphatic hydroxyl groups is 1. The SMILES string of the molecule is CCCCCCCCCCCCCCCCCC(c1oc(CO)cc(=O)c1O)c1c[nH]c2ccccc12. The highest BCUT2D eigenvalue weighted by atomic mass is 16.4. The molecule has 5 heteroatoms. The summed E-state index contributed by atoms with van der Waals surface area (Å²) in [5.41, 5.74) is 1.51. The van der Waals surface area contributed by atoms with Crippen molar-refractivity contribution >= 4 is 10.9 Å². The van der Waals surface area contributed by atoms with Crippen molar-refractivity contribution in [3.63, 3.8) is 0 Å². The van der Waals surface area contributed by atoms with Gasteiger partial charge in [0.15, 0.2) is 5.76 Å². The molecule has 1 atom stereocenters. The van der Waals surface area contributed by atoms with E-state index in [-0.39, 0.29) is 29.8 Å². The summed E-state index contributed by atoms with van der Waals surface area (Å²) in [6, 6.07) is 9.20. The van der Waals surface area contributed by atoms with Crippen LogP contribution in [0.2, 0.25) is 0 Å². The Morgan fingerprint density at radius 1 is 0.838 bits per heavy atom. The van der Waals surface area contributed by atoms with Gasteiger partial charge in [-0.3, -0.25) is 4.79 Å². The van der Waals surface area contributed by atoms with Gasteiger partial charge in [-0.15, -0.1) is 0 Å². The Kier molecular flexibility index (Phi) is 12.8. The van der Waals surface area contributed by atoms with E-state index in [1.54, 1.807) is 0 Å². The molecular weight excluding hydrogens is 462 g/mol. The third-order valence-electron chi connectivity index (χ3n) is 7.57. The van der Waals surface area contributed by atoms with Crippen molar-refractivity contribution in [3.05, 3.63) is 63.8 Å². The van der Waals surface area contributed by atoms with E-state index in [0.717, 1.165) is 35.7 Å². The zero-order valence-corrected chi connectivity index (χ0v) is 22.8. The van der Waals surface area contributed by atoms with Crippen LogP contribution >= 0.6 is 0 Å². The number of aromatic nitrogens is 1. The topological polar surface area (TPSA) is 86.5 Å². The van der Waals surface area contributed by atoms with Gasteiger partial charge >= 0.3 is 0 Å². The Balaban J connectivity index is 1.45. The third kappa shape index (κ3) is 9.07. The number of rotatable bonds is 19. The van der Waals surface area contributed by atoms with Crippen molar-refractivity contribution in [1.82, 2.24) is 4.98 Å². The Morgan fingerprint density at radius 3 is 2.00 bits per heavy atom. The van der Waals surface area contributed by atoms with Crippen LogP contribution in [0.25, 0.3) is 10.9 Å². The van der Waals surface area contributed by atoms with Crippen LogP contribution in [-0.2, 0) is 6.61 Å². The van der Waals surface area contributed by atoms with Crippen molar-refractivity contribution in [2.45, 2.75) is 122 Å². The molecule has 3 N–H and O–H groups in total. The average Bonchev–Trinajstić information content (AvgIpc) is 3.34. The van der Waals surface area contributed by atoms with E-state index in [9.17, 15) is 15.0 Å². The van der Waals surface area contributed by atoms with Crippen molar-refractivity contribution in [1.29, 1.82) is 0 Å². The lowest BCUT2D eigenvalue weighted by molar-refractivity contribution is 0.232. The number of hydrogen-bond donors (Lipinski definition) is 3. The molecule has 1 aromatic carbocycles. The molecule has 3 rings (SSSR count). The van der Waals surface area contributed by atoms with E-state index in [4.69, 9.17) is 4.42 Å². The highest BCUT2D eigenvalue weighted by Crippen LogP contribution is 2.38. The molecule has 0 aliphatic heterocycles. The quantitative estimate of drug-likeness (QED) is 0.141. The summed E-state index contributed by atoms with van der Waals surface area (Å²) in [5.74, 6) is -0.170. The van der Waals surface area contributed by atoms with Crippen LogP contribution in [0.1, 0.15) is 133 Å². The van der Waals surface area contributed by atoms with Gasteiger partial charge in [0.05, 0.1) is 0 Å². The van der Waals surface area contributed by atoms with E-state index in [1.807, 2.05) is 30.5 Å². The van der Waals surface area contributed by atoms with Crippen molar-refractivity contribution in [3.8, 4) is 5.75 Å². The molecule has 2 aromatic heterocycles. The summed E-state index contributed by atoms with van der Waals surface area (Å²) >= 11 is 0. The maximum absolute atomic E-state index is 12.3. The zero-order chi connectivity index (χ0) is 26.3. The lowest BCUT2D eigenvalue weighted by Crippen LogP contribution is -2.10. The molecule has 0 bridgehead atoms. The van der Waals surface area contributed by atoms with Gasteiger partial charge in [-0.25, -0.2) is 0 Å². The van der Waals surface area contributed by atoms with Gasteiger partial charge < -0.3 is 19.6 Å². The smallest absolute Gasteiger partial charge is 0.227 e. The first-order chi connectivity index (χ1) is 18.2. The standard InChI is InChI=1S/C32H47NO4/c1-2-3-4-5-6-7-8-9-10-11-12-13-14-15-16-20-27(28-23-33-29-21-18-17-19-26(28)29)32-31(36)30(35)22-25(24-34)37-32/h17-19,21-23,27,33-34,36H,2-16,20,24H2,1H3. The fourth-order valence-corrected chi connectivity index (χ4v) is 5.40. The number of fused-ring (bicyclic) bond motifs is 1. The molecule has 0 aliphatic rings. The predicted octanol–water partition coefficient (Wildman–Crippen LogP) is 8.71. The summed E-state index contributed by atoms with van der Waals surface area (Å²) in [5, 5.41) is 21.2. The largest absolute Gasteiger partial charge is 0.502 e.